The van der Waals surface area contributed by atoms with Crippen molar-refractivity contribution in [3.05, 3.63) is 18.2 Å². The van der Waals surface area contributed by atoms with Crippen LogP contribution in [0.4, 0.5) is 0 Å². The van der Waals surface area contributed by atoms with E-state index < -0.39 is 0 Å². The average molecular weight is 213 g/mol. The number of hydrogen-bond donors (Lipinski definition) is 0. The van der Waals surface area contributed by atoms with Gasteiger partial charge in [0.1, 0.15) is 0 Å². The van der Waals surface area contributed by atoms with Crippen LogP contribution in [0.25, 0.3) is 0 Å². The van der Waals surface area contributed by atoms with Crippen LogP contribution >= 0.6 is 11.6 Å². The van der Waals surface area contributed by atoms with Gasteiger partial charge in [-0.3, -0.25) is 0 Å². The van der Waals surface area contributed by atoms with Crippen LogP contribution < -0.4 is 0 Å². The van der Waals surface area contributed by atoms with Gasteiger partial charge in [-0.25, -0.2) is 4.98 Å². The molecule has 1 aromatic rings. The SMILES string of the molecule is CC(C1CCCC1)n1cncc1CCl. The molecule has 0 bridgehead atoms. The highest BCUT2D eigenvalue weighted by Crippen LogP contribution is 2.34. The molecule has 3 heteroatoms. The summed E-state index contributed by atoms with van der Waals surface area (Å²) < 4.78 is 2.24. The first-order valence-electron chi connectivity index (χ1n) is 5.39. The topological polar surface area (TPSA) is 17.8 Å². The average Bonchev–Trinajstić information content (AvgIpc) is 2.87. The predicted octanol–water partition coefficient (Wildman–Crippen LogP) is 3.37. The number of rotatable bonds is 3. The van der Waals surface area contributed by atoms with Crippen LogP contribution in [0.2, 0.25) is 0 Å². The Labute approximate surface area is 90.3 Å². The zero-order chi connectivity index (χ0) is 9.97. The van der Waals surface area contributed by atoms with E-state index in [9.17, 15) is 0 Å². The fourth-order valence-corrected chi connectivity index (χ4v) is 2.68. The molecular weight excluding hydrogens is 196 g/mol. The van der Waals surface area contributed by atoms with Crippen molar-refractivity contribution < 1.29 is 0 Å². The highest BCUT2D eigenvalue weighted by molar-refractivity contribution is 6.16. The summed E-state index contributed by atoms with van der Waals surface area (Å²) in [5.41, 5.74) is 1.14. The zero-order valence-corrected chi connectivity index (χ0v) is 9.37. The highest BCUT2D eigenvalue weighted by Gasteiger charge is 2.23. The van der Waals surface area contributed by atoms with E-state index in [0.29, 0.717) is 11.9 Å². The van der Waals surface area contributed by atoms with Gasteiger partial charge in [-0.05, 0) is 25.7 Å². The summed E-state index contributed by atoms with van der Waals surface area (Å²) in [6.07, 6.45) is 9.29. The Balaban J connectivity index is 2.12. The van der Waals surface area contributed by atoms with E-state index in [1.165, 1.54) is 25.7 Å². The van der Waals surface area contributed by atoms with Crippen molar-refractivity contribution in [1.82, 2.24) is 9.55 Å². The molecule has 14 heavy (non-hydrogen) atoms. The van der Waals surface area contributed by atoms with E-state index in [1.54, 1.807) is 0 Å². The van der Waals surface area contributed by atoms with Gasteiger partial charge < -0.3 is 4.57 Å². The quantitative estimate of drug-likeness (QED) is 0.703. The van der Waals surface area contributed by atoms with Gasteiger partial charge in [-0.2, -0.15) is 0 Å². The van der Waals surface area contributed by atoms with Gasteiger partial charge in [-0.1, -0.05) is 12.8 Å². The van der Waals surface area contributed by atoms with Gasteiger partial charge in [0.15, 0.2) is 0 Å². The highest BCUT2D eigenvalue weighted by atomic mass is 35.5. The number of imidazole rings is 1. The molecule has 1 heterocycles. The lowest BCUT2D eigenvalue weighted by Gasteiger charge is -2.22. The van der Waals surface area contributed by atoms with Gasteiger partial charge >= 0.3 is 0 Å². The van der Waals surface area contributed by atoms with Crippen molar-refractivity contribution in [1.29, 1.82) is 0 Å². The summed E-state index contributed by atoms with van der Waals surface area (Å²) in [5, 5.41) is 0. The maximum absolute atomic E-state index is 5.86. The van der Waals surface area contributed by atoms with E-state index >= 15 is 0 Å². The fraction of sp³-hybridized carbons (Fsp3) is 0.727. The maximum atomic E-state index is 5.86. The largest absolute Gasteiger partial charge is 0.330 e. The molecule has 1 aliphatic rings. The molecule has 1 fully saturated rings. The molecule has 0 aromatic carbocycles. The Hall–Kier alpha value is -0.500. The van der Waals surface area contributed by atoms with Crippen molar-refractivity contribution in [2.24, 2.45) is 5.92 Å². The van der Waals surface area contributed by atoms with Crippen LogP contribution in [0.3, 0.4) is 0 Å². The van der Waals surface area contributed by atoms with Crippen LogP contribution in [0, 0.1) is 5.92 Å². The third-order valence-electron chi connectivity index (χ3n) is 3.40. The first-order chi connectivity index (χ1) is 6.83. The predicted molar refractivity (Wildman–Crippen MR) is 58.5 cm³/mol. The minimum Gasteiger partial charge on any atom is -0.330 e. The van der Waals surface area contributed by atoms with E-state index in [0.717, 1.165) is 11.6 Å². The normalized spacial score (nSPS) is 20.1. The molecule has 1 unspecified atom stereocenters. The van der Waals surface area contributed by atoms with Crippen molar-refractivity contribution in [2.45, 2.75) is 44.5 Å². The van der Waals surface area contributed by atoms with Crippen LogP contribution in [-0.2, 0) is 5.88 Å². The standard InChI is InChI=1S/C11H17ClN2/c1-9(10-4-2-3-5-10)14-8-13-7-11(14)6-12/h7-10H,2-6H2,1H3. The lowest BCUT2D eigenvalue weighted by atomic mass is 9.99. The third kappa shape index (κ3) is 1.81. The maximum Gasteiger partial charge on any atom is 0.0951 e. The molecule has 0 aliphatic heterocycles. The smallest absolute Gasteiger partial charge is 0.0951 e. The Morgan fingerprint density at radius 3 is 2.93 bits per heavy atom. The molecule has 0 saturated heterocycles. The van der Waals surface area contributed by atoms with Gasteiger partial charge in [0.2, 0.25) is 0 Å². The molecule has 2 nitrogen and oxygen atoms in total. The van der Waals surface area contributed by atoms with Crippen molar-refractivity contribution in [2.75, 3.05) is 0 Å². The lowest BCUT2D eigenvalue weighted by Crippen LogP contribution is -2.15. The molecule has 1 aliphatic carbocycles. The Morgan fingerprint density at radius 1 is 1.57 bits per heavy atom. The minimum absolute atomic E-state index is 0.564. The van der Waals surface area contributed by atoms with Gasteiger partial charge in [0, 0.05) is 12.2 Å². The first kappa shape index (κ1) is 10.0. The van der Waals surface area contributed by atoms with Gasteiger partial charge in [-0.15, -0.1) is 11.6 Å². The van der Waals surface area contributed by atoms with Crippen molar-refractivity contribution >= 4 is 11.6 Å². The summed E-state index contributed by atoms with van der Waals surface area (Å²) in [5.74, 6) is 1.39. The molecular formula is C11H17ClN2. The molecule has 0 N–H and O–H groups in total. The molecule has 1 atom stereocenters. The molecule has 2 rings (SSSR count). The Bertz CT molecular complexity index is 289. The molecule has 1 saturated carbocycles. The Morgan fingerprint density at radius 2 is 2.29 bits per heavy atom. The second kappa shape index (κ2) is 4.35. The summed E-state index contributed by atoms with van der Waals surface area (Å²) >= 11 is 5.86. The fourth-order valence-electron chi connectivity index (χ4n) is 2.47. The second-order valence-corrected chi connectivity index (χ2v) is 4.48. The molecule has 0 radical (unpaired) electrons. The summed E-state index contributed by atoms with van der Waals surface area (Å²) in [6, 6.07) is 0.564. The van der Waals surface area contributed by atoms with Gasteiger partial charge in [0.05, 0.1) is 17.9 Å². The number of nitrogens with zero attached hydrogens (tertiary/aromatic N) is 2. The van der Waals surface area contributed by atoms with Crippen molar-refractivity contribution in [3.63, 3.8) is 0 Å². The van der Waals surface area contributed by atoms with Crippen LogP contribution in [0.1, 0.15) is 44.3 Å². The van der Waals surface area contributed by atoms with Crippen LogP contribution in [-0.4, -0.2) is 9.55 Å². The summed E-state index contributed by atoms with van der Waals surface area (Å²) in [4.78, 5) is 4.16. The number of hydrogen-bond acceptors (Lipinski definition) is 1. The van der Waals surface area contributed by atoms with Crippen molar-refractivity contribution in [3.8, 4) is 0 Å². The number of halogens is 1. The second-order valence-electron chi connectivity index (χ2n) is 4.21. The number of aromatic nitrogens is 2. The van der Waals surface area contributed by atoms with E-state index in [2.05, 4.69) is 16.5 Å². The van der Waals surface area contributed by atoms with Crippen LogP contribution in [0.15, 0.2) is 12.5 Å². The van der Waals surface area contributed by atoms with Gasteiger partial charge in [0.25, 0.3) is 0 Å². The van der Waals surface area contributed by atoms with E-state index in [1.807, 2.05) is 12.5 Å². The molecule has 0 spiro atoms. The minimum atomic E-state index is 0.564. The summed E-state index contributed by atoms with van der Waals surface area (Å²) in [6.45, 7) is 2.29. The van der Waals surface area contributed by atoms with Crippen LogP contribution in [0.5, 0.6) is 0 Å². The first-order valence-corrected chi connectivity index (χ1v) is 5.93. The molecule has 1 aromatic heterocycles. The van der Waals surface area contributed by atoms with E-state index in [4.69, 9.17) is 11.6 Å². The summed E-state index contributed by atoms with van der Waals surface area (Å²) in [7, 11) is 0. The Kier molecular flexibility index (Phi) is 3.12. The zero-order valence-electron chi connectivity index (χ0n) is 8.62. The third-order valence-corrected chi connectivity index (χ3v) is 3.68. The monoisotopic (exact) mass is 212 g/mol. The number of alkyl halides is 1. The lowest BCUT2D eigenvalue weighted by molar-refractivity contribution is 0.355. The molecule has 78 valence electrons. The molecule has 0 amide bonds. The van der Waals surface area contributed by atoms with E-state index in [-0.39, 0.29) is 0 Å².